The molecule has 3 aromatic carbocycles. The average Bonchev–Trinajstić information content (AvgIpc) is 2.56. The quantitative estimate of drug-likeness (QED) is 0.749. The number of benzene rings is 3. The van der Waals surface area contributed by atoms with Gasteiger partial charge in [0.25, 0.3) is 0 Å². The molecule has 0 radical (unpaired) electrons. The molecule has 0 unspecified atom stereocenters. The van der Waals surface area contributed by atoms with Gasteiger partial charge in [-0.05, 0) is 46.5 Å². The Balaban J connectivity index is 1.91. The van der Waals surface area contributed by atoms with Gasteiger partial charge in [0.05, 0.1) is 7.11 Å². The second-order valence-electron chi connectivity index (χ2n) is 4.86. The Bertz CT molecular complexity index is 728. The summed E-state index contributed by atoms with van der Waals surface area (Å²) in [7, 11) is 1.67. The summed E-state index contributed by atoms with van der Waals surface area (Å²) in [5.74, 6) is 1.14. The molecule has 0 aliphatic rings. The molecule has 0 fully saturated rings. The minimum Gasteiger partial charge on any atom is -0.508 e. The second-order valence-corrected chi connectivity index (χ2v) is 4.86. The van der Waals surface area contributed by atoms with Crippen LogP contribution in [-0.4, -0.2) is 12.2 Å². The van der Waals surface area contributed by atoms with E-state index in [4.69, 9.17) is 4.74 Å². The topological polar surface area (TPSA) is 29.5 Å². The summed E-state index contributed by atoms with van der Waals surface area (Å²) < 4.78 is 5.26. The maximum absolute atomic E-state index is 9.33. The smallest absolute Gasteiger partial charge is 0.119 e. The molecule has 0 saturated carbocycles. The standard InChI is InChI=1S/C19H16O2/c1-21-19-4-2-3-17(13-19)16-7-5-14(6-8-16)15-9-11-18(20)12-10-15/h2-13,20H,1H3. The molecule has 0 bridgehead atoms. The third-order valence-electron chi connectivity index (χ3n) is 3.49. The SMILES string of the molecule is COc1cccc(-c2ccc(-c3ccc(O)cc3)cc2)c1. The van der Waals surface area contributed by atoms with E-state index in [2.05, 4.69) is 30.3 Å². The van der Waals surface area contributed by atoms with Crippen LogP contribution in [0.4, 0.5) is 0 Å². The summed E-state index contributed by atoms with van der Waals surface area (Å²) >= 11 is 0. The molecule has 1 N–H and O–H groups in total. The highest BCUT2D eigenvalue weighted by Gasteiger charge is 2.02. The average molecular weight is 276 g/mol. The van der Waals surface area contributed by atoms with E-state index in [1.54, 1.807) is 19.2 Å². The summed E-state index contributed by atoms with van der Waals surface area (Å²) in [5.41, 5.74) is 4.50. The van der Waals surface area contributed by atoms with Gasteiger partial charge in [0.2, 0.25) is 0 Å². The summed E-state index contributed by atoms with van der Waals surface area (Å²) in [4.78, 5) is 0. The Morgan fingerprint density at radius 3 is 1.76 bits per heavy atom. The van der Waals surface area contributed by atoms with Crippen molar-refractivity contribution in [2.24, 2.45) is 0 Å². The first-order valence-electron chi connectivity index (χ1n) is 6.80. The fourth-order valence-corrected chi connectivity index (χ4v) is 2.31. The summed E-state index contributed by atoms with van der Waals surface area (Å²) in [6.07, 6.45) is 0. The van der Waals surface area contributed by atoms with Crippen molar-refractivity contribution in [2.75, 3.05) is 7.11 Å². The third-order valence-corrected chi connectivity index (χ3v) is 3.49. The minimum atomic E-state index is 0.284. The number of ether oxygens (including phenoxy) is 1. The van der Waals surface area contributed by atoms with Crippen LogP contribution in [0, 0.1) is 0 Å². The van der Waals surface area contributed by atoms with Crippen molar-refractivity contribution >= 4 is 0 Å². The molecular weight excluding hydrogens is 260 g/mol. The first-order valence-corrected chi connectivity index (χ1v) is 6.80. The highest BCUT2D eigenvalue weighted by molar-refractivity contribution is 5.71. The first-order chi connectivity index (χ1) is 10.3. The number of phenolic OH excluding ortho intramolecular Hbond substituents is 1. The largest absolute Gasteiger partial charge is 0.508 e. The van der Waals surface area contributed by atoms with Crippen LogP contribution in [0.1, 0.15) is 0 Å². The van der Waals surface area contributed by atoms with E-state index in [0.717, 1.165) is 28.0 Å². The van der Waals surface area contributed by atoms with Gasteiger partial charge in [-0.15, -0.1) is 0 Å². The molecule has 3 rings (SSSR count). The van der Waals surface area contributed by atoms with Crippen LogP contribution < -0.4 is 4.74 Å². The van der Waals surface area contributed by atoms with E-state index in [-0.39, 0.29) is 5.75 Å². The molecule has 0 aliphatic heterocycles. The van der Waals surface area contributed by atoms with Crippen LogP contribution in [0.2, 0.25) is 0 Å². The Labute approximate surface area is 124 Å². The molecular formula is C19H16O2. The molecule has 0 aromatic heterocycles. The molecule has 2 nitrogen and oxygen atoms in total. The van der Waals surface area contributed by atoms with Crippen LogP contribution in [0.25, 0.3) is 22.3 Å². The highest BCUT2D eigenvalue weighted by Crippen LogP contribution is 2.27. The van der Waals surface area contributed by atoms with E-state index in [1.807, 2.05) is 30.3 Å². The fraction of sp³-hybridized carbons (Fsp3) is 0.0526. The molecule has 21 heavy (non-hydrogen) atoms. The molecule has 0 atom stereocenters. The maximum Gasteiger partial charge on any atom is 0.119 e. The normalized spacial score (nSPS) is 10.3. The van der Waals surface area contributed by atoms with Crippen molar-refractivity contribution in [2.45, 2.75) is 0 Å². The Morgan fingerprint density at radius 1 is 0.667 bits per heavy atom. The zero-order valence-corrected chi connectivity index (χ0v) is 11.8. The number of hydrogen-bond acceptors (Lipinski definition) is 2. The van der Waals surface area contributed by atoms with E-state index in [0.29, 0.717) is 0 Å². The predicted molar refractivity (Wildman–Crippen MR) is 85.5 cm³/mol. The van der Waals surface area contributed by atoms with E-state index in [9.17, 15) is 5.11 Å². The number of rotatable bonds is 3. The van der Waals surface area contributed by atoms with E-state index >= 15 is 0 Å². The van der Waals surface area contributed by atoms with Gasteiger partial charge in [-0.1, -0.05) is 48.5 Å². The lowest BCUT2D eigenvalue weighted by Gasteiger charge is -2.07. The van der Waals surface area contributed by atoms with E-state index < -0.39 is 0 Å². The number of methoxy groups -OCH3 is 1. The second kappa shape index (κ2) is 5.71. The summed E-state index contributed by atoms with van der Waals surface area (Å²) in [6, 6.07) is 23.6. The van der Waals surface area contributed by atoms with Gasteiger partial charge in [0.1, 0.15) is 11.5 Å². The van der Waals surface area contributed by atoms with E-state index in [1.165, 1.54) is 0 Å². The summed E-state index contributed by atoms with van der Waals surface area (Å²) in [6.45, 7) is 0. The van der Waals surface area contributed by atoms with Crippen molar-refractivity contribution in [3.8, 4) is 33.8 Å². The van der Waals surface area contributed by atoms with Gasteiger partial charge in [0.15, 0.2) is 0 Å². The van der Waals surface area contributed by atoms with Crippen molar-refractivity contribution in [3.63, 3.8) is 0 Å². The Hall–Kier alpha value is -2.74. The zero-order valence-electron chi connectivity index (χ0n) is 11.8. The van der Waals surface area contributed by atoms with Crippen molar-refractivity contribution in [1.82, 2.24) is 0 Å². The monoisotopic (exact) mass is 276 g/mol. The molecule has 0 heterocycles. The van der Waals surface area contributed by atoms with Gasteiger partial charge in [-0.2, -0.15) is 0 Å². The number of phenols is 1. The minimum absolute atomic E-state index is 0.284. The number of aromatic hydroxyl groups is 1. The predicted octanol–water partition coefficient (Wildman–Crippen LogP) is 4.73. The molecule has 104 valence electrons. The molecule has 2 heteroatoms. The van der Waals surface area contributed by atoms with Crippen molar-refractivity contribution in [3.05, 3.63) is 72.8 Å². The first kappa shape index (κ1) is 13.3. The maximum atomic E-state index is 9.33. The van der Waals surface area contributed by atoms with Gasteiger partial charge in [-0.3, -0.25) is 0 Å². The lowest BCUT2D eigenvalue weighted by molar-refractivity contribution is 0.415. The van der Waals surface area contributed by atoms with Crippen LogP contribution in [0.3, 0.4) is 0 Å². The molecule has 0 amide bonds. The zero-order chi connectivity index (χ0) is 14.7. The van der Waals surface area contributed by atoms with Crippen molar-refractivity contribution < 1.29 is 9.84 Å². The van der Waals surface area contributed by atoms with Gasteiger partial charge < -0.3 is 9.84 Å². The number of hydrogen-bond donors (Lipinski definition) is 1. The van der Waals surface area contributed by atoms with Crippen LogP contribution in [-0.2, 0) is 0 Å². The molecule has 0 aliphatic carbocycles. The Morgan fingerprint density at radius 2 is 1.19 bits per heavy atom. The van der Waals surface area contributed by atoms with Crippen molar-refractivity contribution in [1.29, 1.82) is 0 Å². The lowest BCUT2D eigenvalue weighted by atomic mass is 10.0. The molecule has 0 spiro atoms. The molecule has 3 aromatic rings. The fourth-order valence-electron chi connectivity index (χ4n) is 2.31. The van der Waals surface area contributed by atoms with Gasteiger partial charge in [-0.25, -0.2) is 0 Å². The Kier molecular flexibility index (Phi) is 3.61. The van der Waals surface area contributed by atoms with Crippen LogP contribution in [0.15, 0.2) is 72.8 Å². The van der Waals surface area contributed by atoms with Crippen LogP contribution >= 0.6 is 0 Å². The lowest BCUT2D eigenvalue weighted by Crippen LogP contribution is -1.84. The molecule has 0 saturated heterocycles. The van der Waals surface area contributed by atoms with Crippen LogP contribution in [0.5, 0.6) is 11.5 Å². The van der Waals surface area contributed by atoms with Gasteiger partial charge in [0, 0.05) is 0 Å². The highest BCUT2D eigenvalue weighted by atomic mass is 16.5. The van der Waals surface area contributed by atoms with Gasteiger partial charge >= 0.3 is 0 Å². The third kappa shape index (κ3) is 2.90. The summed E-state index contributed by atoms with van der Waals surface area (Å²) in [5, 5.41) is 9.33.